The third kappa shape index (κ3) is 3.00. The number of pyridine rings is 2. The number of rotatable bonds is 3. The summed E-state index contributed by atoms with van der Waals surface area (Å²) >= 11 is 0. The summed E-state index contributed by atoms with van der Waals surface area (Å²) < 4.78 is 21.7. The van der Waals surface area contributed by atoms with Crippen molar-refractivity contribution in [3.63, 3.8) is 0 Å². The van der Waals surface area contributed by atoms with E-state index in [2.05, 4.69) is 5.32 Å². The van der Waals surface area contributed by atoms with Gasteiger partial charge in [-0.3, -0.25) is 14.4 Å². The third-order valence-electron chi connectivity index (χ3n) is 7.68. The second-order valence-electron chi connectivity index (χ2n) is 9.45. The molecule has 2 aliphatic heterocycles. The van der Waals surface area contributed by atoms with Crippen molar-refractivity contribution in [2.24, 2.45) is 0 Å². The summed E-state index contributed by atoms with van der Waals surface area (Å²) in [6.07, 6.45) is 1.60. The van der Waals surface area contributed by atoms with Crippen molar-refractivity contribution in [3.05, 3.63) is 61.7 Å². The quantitative estimate of drug-likeness (QED) is 0.439. The normalized spacial score (nSPS) is 19.7. The highest BCUT2D eigenvalue weighted by molar-refractivity contribution is 5.93. The molecule has 0 saturated carbocycles. The predicted molar refractivity (Wildman–Crippen MR) is 124 cm³/mol. The average molecular weight is 477 g/mol. The van der Waals surface area contributed by atoms with Crippen LogP contribution < -0.4 is 10.9 Å². The molecule has 2 aromatic heterocycles. The zero-order chi connectivity index (χ0) is 24.6. The second kappa shape index (κ2) is 7.71. The molecule has 9 heteroatoms. The number of aryl methyl sites for hydroxylation is 1. The van der Waals surface area contributed by atoms with Gasteiger partial charge >= 0.3 is 5.97 Å². The van der Waals surface area contributed by atoms with Crippen LogP contribution in [0.4, 0.5) is 4.39 Å². The highest BCUT2D eigenvalue weighted by Gasteiger charge is 2.37. The van der Waals surface area contributed by atoms with E-state index in [1.54, 1.807) is 11.5 Å². The van der Waals surface area contributed by atoms with E-state index in [0.29, 0.717) is 52.9 Å². The predicted octanol–water partition coefficient (Wildman–Crippen LogP) is 2.52. The van der Waals surface area contributed by atoms with Gasteiger partial charge in [-0.05, 0) is 54.5 Å². The smallest absolute Gasteiger partial charge is 0.313 e. The van der Waals surface area contributed by atoms with Gasteiger partial charge in [0.1, 0.15) is 19.0 Å². The molecule has 35 heavy (non-hydrogen) atoms. The highest BCUT2D eigenvalue weighted by Crippen LogP contribution is 2.45. The van der Waals surface area contributed by atoms with E-state index in [0.717, 1.165) is 22.1 Å². The van der Waals surface area contributed by atoms with E-state index in [4.69, 9.17) is 9.72 Å². The lowest BCUT2D eigenvalue weighted by atomic mass is 9.81. The maximum absolute atomic E-state index is 14.8. The highest BCUT2D eigenvalue weighted by atomic mass is 19.1. The number of amides is 1. The van der Waals surface area contributed by atoms with Gasteiger partial charge in [0.25, 0.3) is 5.56 Å². The lowest BCUT2D eigenvalue weighted by molar-refractivity contribution is -0.148. The maximum atomic E-state index is 14.8. The number of benzene rings is 1. The minimum absolute atomic E-state index is 0.0634. The van der Waals surface area contributed by atoms with Crippen LogP contribution >= 0.6 is 0 Å². The van der Waals surface area contributed by atoms with Gasteiger partial charge in [0.05, 0.1) is 41.0 Å². The van der Waals surface area contributed by atoms with E-state index in [-0.39, 0.29) is 30.5 Å². The van der Waals surface area contributed by atoms with Gasteiger partial charge in [-0.1, -0.05) is 6.92 Å². The van der Waals surface area contributed by atoms with Gasteiger partial charge in [0, 0.05) is 17.0 Å². The zero-order valence-corrected chi connectivity index (χ0v) is 19.4. The Morgan fingerprint density at radius 2 is 2.09 bits per heavy atom. The van der Waals surface area contributed by atoms with Crippen LogP contribution in [0.25, 0.3) is 22.3 Å². The molecule has 1 aliphatic carbocycles. The Morgan fingerprint density at radius 3 is 2.83 bits per heavy atom. The van der Waals surface area contributed by atoms with E-state index in [1.807, 2.05) is 13.0 Å². The number of hydrogen-bond acceptors (Lipinski definition) is 6. The van der Waals surface area contributed by atoms with Gasteiger partial charge in [-0.25, -0.2) is 9.37 Å². The van der Waals surface area contributed by atoms with E-state index in [9.17, 15) is 23.9 Å². The number of cyclic esters (lactones) is 1. The van der Waals surface area contributed by atoms with Gasteiger partial charge in [0.15, 0.2) is 0 Å². The first-order valence-electron chi connectivity index (χ1n) is 11.8. The lowest BCUT2D eigenvalue weighted by Crippen LogP contribution is -2.34. The van der Waals surface area contributed by atoms with Crippen LogP contribution in [0.15, 0.2) is 16.9 Å². The topological polar surface area (TPSA) is 111 Å². The Labute approximate surface area is 199 Å². The first-order chi connectivity index (χ1) is 16.8. The first kappa shape index (κ1) is 21.9. The maximum Gasteiger partial charge on any atom is 0.313 e. The van der Waals surface area contributed by atoms with Crippen LogP contribution in [0, 0.1) is 12.7 Å². The van der Waals surface area contributed by atoms with E-state index in [1.165, 1.54) is 6.07 Å². The first-order valence-corrected chi connectivity index (χ1v) is 11.8. The van der Waals surface area contributed by atoms with Gasteiger partial charge in [-0.15, -0.1) is 0 Å². The fourth-order valence-corrected chi connectivity index (χ4v) is 5.96. The van der Waals surface area contributed by atoms with Crippen molar-refractivity contribution in [2.45, 2.75) is 58.2 Å². The fraction of sp³-hybridized carbons (Fsp3) is 0.385. The number of halogens is 1. The van der Waals surface area contributed by atoms with Crippen LogP contribution in [0.1, 0.15) is 65.1 Å². The number of fused-ring (bicyclic) bond motifs is 5. The monoisotopic (exact) mass is 477 g/mol. The van der Waals surface area contributed by atoms with E-state index < -0.39 is 24.5 Å². The van der Waals surface area contributed by atoms with Gasteiger partial charge in [0.2, 0.25) is 5.91 Å². The van der Waals surface area contributed by atoms with Crippen LogP contribution in [-0.4, -0.2) is 33.1 Å². The van der Waals surface area contributed by atoms with Gasteiger partial charge in [-0.2, -0.15) is 0 Å². The number of esters is 1. The Morgan fingerprint density at radius 1 is 1.29 bits per heavy atom. The molecule has 1 amide bonds. The van der Waals surface area contributed by atoms with Crippen molar-refractivity contribution in [2.75, 3.05) is 6.61 Å². The number of aliphatic hydroxyl groups excluding tert-OH is 1. The molecule has 2 N–H and O–H groups in total. The largest absolute Gasteiger partial charge is 0.460 e. The summed E-state index contributed by atoms with van der Waals surface area (Å²) in [6, 6.07) is 2.84. The summed E-state index contributed by atoms with van der Waals surface area (Å²) in [4.78, 5) is 42.8. The number of aromatic nitrogens is 2. The number of hydrogen-bond donors (Lipinski definition) is 2. The van der Waals surface area contributed by atoms with Crippen molar-refractivity contribution < 1.29 is 23.8 Å². The van der Waals surface area contributed by atoms with Crippen molar-refractivity contribution in [1.29, 1.82) is 0 Å². The van der Waals surface area contributed by atoms with Crippen LogP contribution in [0.2, 0.25) is 0 Å². The molecular formula is C26H24FN3O5. The number of nitrogens with zero attached hydrogens (tertiary/aromatic N) is 2. The molecule has 8 nitrogen and oxygen atoms in total. The molecule has 0 saturated heterocycles. The molecule has 4 heterocycles. The number of carbonyl (C=O) groups is 2. The average Bonchev–Trinajstić information content (AvgIpc) is 3.21. The Hall–Kier alpha value is -3.59. The molecule has 2 atom stereocenters. The number of ether oxygens (including phenoxy) is 1. The molecule has 0 bridgehead atoms. The van der Waals surface area contributed by atoms with Gasteiger partial charge < -0.3 is 19.7 Å². The van der Waals surface area contributed by atoms with Crippen LogP contribution in [-0.2, 0) is 33.9 Å². The molecule has 180 valence electrons. The Balaban J connectivity index is 1.65. The molecule has 3 aliphatic rings. The zero-order valence-electron chi connectivity index (χ0n) is 19.4. The Kier molecular flexibility index (Phi) is 4.83. The number of nitrogens with one attached hydrogen (secondary N) is 1. The molecule has 3 aromatic rings. The third-order valence-corrected chi connectivity index (χ3v) is 7.68. The molecular weight excluding hydrogens is 453 g/mol. The van der Waals surface area contributed by atoms with E-state index >= 15 is 0 Å². The summed E-state index contributed by atoms with van der Waals surface area (Å²) in [6.45, 7) is 3.16. The number of carbonyl (C=O) groups excluding carboxylic acids is 2. The summed E-state index contributed by atoms with van der Waals surface area (Å²) in [7, 11) is 0. The number of aliphatic hydroxyl groups is 1. The molecule has 0 unspecified atom stereocenters. The molecule has 1 aromatic carbocycles. The standard InChI is InChI=1S/C26H24FN3O5/c1-3-12-14-6-20-24-15(8-30(20)25(33)16(14)10-35-26(12)34)23-18(28-21(32)9-31)5-4-13-11(2)17(27)7-19(29-24)22(13)23/h6-7,12,18,31H,3-5,8-10H2,1-2H3,(H,28,32)/t12-,18+/m1/s1. The molecule has 0 spiro atoms. The van der Waals surface area contributed by atoms with Crippen LogP contribution in [0.3, 0.4) is 0 Å². The SMILES string of the molecule is CC[C@H]1C(=O)OCc2c1cc1n(c2=O)Cc2c-1nc1cc(F)c(C)c3c1c2[C@@H](NC(=O)CO)CC3. The Bertz CT molecular complexity index is 1530. The second-order valence-corrected chi connectivity index (χ2v) is 9.45. The molecule has 0 fully saturated rings. The molecule has 0 radical (unpaired) electrons. The summed E-state index contributed by atoms with van der Waals surface area (Å²) in [5, 5.41) is 13.0. The van der Waals surface area contributed by atoms with Crippen molar-refractivity contribution in [1.82, 2.24) is 14.9 Å². The lowest BCUT2D eigenvalue weighted by Gasteiger charge is -2.29. The minimum Gasteiger partial charge on any atom is -0.460 e. The minimum atomic E-state index is -0.638. The van der Waals surface area contributed by atoms with Crippen LogP contribution in [0.5, 0.6) is 0 Å². The molecule has 6 rings (SSSR count). The van der Waals surface area contributed by atoms with Crippen molar-refractivity contribution in [3.8, 4) is 11.4 Å². The fourth-order valence-electron chi connectivity index (χ4n) is 5.96. The summed E-state index contributed by atoms with van der Waals surface area (Å²) in [5.41, 5.74) is 5.52. The van der Waals surface area contributed by atoms with Crippen molar-refractivity contribution >= 4 is 22.8 Å². The summed E-state index contributed by atoms with van der Waals surface area (Å²) in [5.74, 6) is -1.72.